The van der Waals surface area contributed by atoms with Gasteiger partial charge in [-0.2, -0.15) is 0 Å². The number of carbonyl (C=O) groups is 1. The van der Waals surface area contributed by atoms with E-state index >= 15 is 0 Å². The molecule has 4 nitrogen and oxygen atoms in total. The molecule has 0 aliphatic heterocycles. The Bertz CT molecular complexity index is 1420. The smallest absolute Gasteiger partial charge is 0.259 e. The van der Waals surface area contributed by atoms with Gasteiger partial charge in [-0.1, -0.05) is 81.4 Å². The Morgan fingerprint density at radius 2 is 1.68 bits per heavy atom. The second-order valence-corrected chi connectivity index (χ2v) is 12.0. The van der Waals surface area contributed by atoms with Gasteiger partial charge in [-0.15, -0.1) is 11.3 Å². The molecule has 1 aliphatic rings. The van der Waals surface area contributed by atoms with Gasteiger partial charge in [0.05, 0.1) is 5.56 Å². The monoisotopic (exact) mass is 522 g/mol. The number of benzene rings is 3. The van der Waals surface area contributed by atoms with E-state index in [1.807, 2.05) is 79.0 Å². The molecule has 5 heteroatoms. The first-order valence-electron chi connectivity index (χ1n) is 13.2. The summed E-state index contributed by atoms with van der Waals surface area (Å²) in [5.41, 5.74) is 4.88. The summed E-state index contributed by atoms with van der Waals surface area (Å²) in [5.74, 6) is 1.26. The molecule has 5 rings (SSSR count). The Kier molecular flexibility index (Phi) is 7.75. The molecule has 1 N–H and O–H groups in total. The molecule has 1 amide bonds. The molecule has 1 aromatic heterocycles. The molecule has 1 atom stereocenters. The number of aliphatic imine (C=N–C) groups is 1. The minimum absolute atomic E-state index is 0.0938. The van der Waals surface area contributed by atoms with Gasteiger partial charge in [-0.05, 0) is 66.0 Å². The fourth-order valence-corrected chi connectivity index (χ4v) is 6.20. The van der Waals surface area contributed by atoms with Crippen molar-refractivity contribution in [3.63, 3.8) is 0 Å². The number of fused-ring (bicyclic) bond motifs is 1. The highest BCUT2D eigenvalue weighted by Crippen LogP contribution is 2.45. The van der Waals surface area contributed by atoms with E-state index in [-0.39, 0.29) is 11.3 Å². The van der Waals surface area contributed by atoms with Crippen LogP contribution in [0.5, 0.6) is 5.75 Å². The van der Waals surface area contributed by atoms with Crippen LogP contribution < -0.4 is 10.1 Å². The minimum Gasteiger partial charge on any atom is -0.488 e. The van der Waals surface area contributed by atoms with Crippen molar-refractivity contribution in [1.29, 1.82) is 0 Å². The number of thiophene rings is 1. The summed E-state index contributed by atoms with van der Waals surface area (Å²) in [6.45, 7) is 7.41. The number of hydrogen-bond donors (Lipinski definition) is 1. The topological polar surface area (TPSA) is 50.7 Å². The van der Waals surface area contributed by atoms with Gasteiger partial charge in [0.15, 0.2) is 0 Å². The van der Waals surface area contributed by atoms with Crippen LogP contribution in [0.2, 0.25) is 0 Å². The van der Waals surface area contributed by atoms with Gasteiger partial charge in [-0.3, -0.25) is 4.79 Å². The molecule has 0 saturated heterocycles. The van der Waals surface area contributed by atoms with Crippen LogP contribution in [0.3, 0.4) is 0 Å². The van der Waals surface area contributed by atoms with Crippen molar-refractivity contribution >= 4 is 34.1 Å². The first kappa shape index (κ1) is 25.9. The van der Waals surface area contributed by atoms with Crippen LogP contribution in [0.1, 0.15) is 59.1 Å². The standard InChI is InChI=1S/C33H34N2O2S/c1-33(2,3)25-18-19-27-29(20-25)38-32(30(27)31(36)35-26-15-8-5-9-16-26)34-21-24-14-10-11-17-28(24)37-22-23-12-6-4-7-13-23/h4-17,21,25H,18-20,22H2,1-3H3,(H,35,36)/t25-/m0/s1. The first-order valence-corrected chi connectivity index (χ1v) is 14.0. The number of rotatable bonds is 7. The van der Waals surface area contributed by atoms with Crippen molar-refractivity contribution in [2.24, 2.45) is 16.3 Å². The Balaban J connectivity index is 1.45. The van der Waals surface area contributed by atoms with Crippen molar-refractivity contribution in [3.05, 3.63) is 112 Å². The molecule has 38 heavy (non-hydrogen) atoms. The summed E-state index contributed by atoms with van der Waals surface area (Å²) in [6, 6.07) is 27.7. The Morgan fingerprint density at radius 3 is 2.42 bits per heavy atom. The molecule has 0 fully saturated rings. The van der Waals surface area contributed by atoms with Gasteiger partial charge < -0.3 is 10.1 Å². The molecule has 3 aromatic carbocycles. The van der Waals surface area contributed by atoms with Crippen molar-refractivity contribution in [3.8, 4) is 5.75 Å². The quantitative estimate of drug-likeness (QED) is 0.247. The number of carbonyl (C=O) groups excluding carboxylic acids is 1. The van der Waals surface area contributed by atoms with E-state index in [4.69, 9.17) is 9.73 Å². The fraction of sp³-hybridized carbons (Fsp3) is 0.273. The van der Waals surface area contributed by atoms with Gasteiger partial charge in [0, 0.05) is 22.3 Å². The zero-order chi connectivity index (χ0) is 26.5. The molecule has 1 heterocycles. The van der Waals surface area contributed by atoms with Crippen LogP contribution in [0.4, 0.5) is 10.7 Å². The summed E-state index contributed by atoms with van der Waals surface area (Å²) in [7, 11) is 0. The predicted molar refractivity (Wildman–Crippen MR) is 158 cm³/mol. The van der Waals surface area contributed by atoms with E-state index in [0.29, 0.717) is 18.1 Å². The van der Waals surface area contributed by atoms with Crippen molar-refractivity contribution in [1.82, 2.24) is 0 Å². The van der Waals surface area contributed by atoms with Gasteiger partial charge in [0.25, 0.3) is 5.91 Å². The molecule has 0 radical (unpaired) electrons. The molecular formula is C33H34N2O2S. The van der Waals surface area contributed by atoms with Gasteiger partial charge >= 0.3 is 0 Å². The highest BCUT2D eigenvalue weighted by Gasteiger charge is 2.33. The summed E-state index contributed by atoms with van der Waals surface area (Å²) < 4.78 is 6.13. The van der Waals surface area contributed by atoms with Crippen LogP contribution in [0, 0.1) is 11.3 Å². The lowest BCUT2D eigenvalue weighted by Gasteiger charge is -2.33. The molecule has 0 saturated carbocycles. The molecule has 194 valence electrons. The molecule has 0 spiro atoms. The Hall–Kier alpha value is -3.70. The Morgan fingerprint density at radius 1 is 1.00 bits per heavy atom. The second kappa shape index (κ2) is 11.4. The van der Waals surface area contributed by atoms with E-state index in [1.54, 1.807) is 11.3 Å². The predicted octanol–water partition coefficient (Wildman–Crippen LogP) is 8.48. The molecule has 1 aliphatic carbocycles. The molecule has 4 aromatic rings. The maximum absolute atomic E-state index is 13.6. The van der Waals surface area contributed by atoms with Gasteiger partial charge in [-0.25, -0.2) is 4.99 Å². The summed E-state index contributed by atoms with van der Waals surface area (Å²) in [4.78, 5) is 19.8. The van der Waals surface area contributed by atoms with Crippen LogP contribution in [0.15, 0.2) is 89.9 Å². The van der Waals surface area contributed by atoms with Crippen LogP contribution >= 0.6 is 11.3 Å². The van der Waals surface area contributed by atoms with Gasteiger partial charge in [0.1, 0.15) is 17.4 Å². The third-order valence-electron chi connectivity index (χ3n) is 7.21. The number of para-hydroxylation sites is 2. The van der Waals surface area contributed by atoms with Crippen molar-refractivity contribution < 1.29 is 9.53 Å². The summed E-state index contributed by atoms with van der Waals surface area (Å²) in [6.07, 6.45) is 4.80. The van der Waals surface area contributed by atoms with Crippen molar-refractivity contribution in [2.75, 3.05) is 5.32 Å². The normalized spacial score (nSPS) is 15.3. The number of nitrogens with zero attached hydrogens (tertiary/aromatic N) is 1. The highest BCUT2D eigenvalue weighted by molar-refractivity contribution is 7.16. The zero-order valence-electron chi connectivity index (χ0n) is 22.2. The van der Waals surface area contributed by atoms with E-state index in [1.165, 1.54) is 4.88 Å². The minimum atomic E-state index is -0.0938. The van der Waals surface area contributed by atoms with Crippen LogP contribution in [0.25, 0.3) is 0 Å². The van der Waals surface area contributed by atoms with Crippen LogP contribution in [-0.4, -0.2) is 12.1 Å². The number of amides is 1. The van der Waals surface area contributed by atoms with E-state index in [9.17, 15) is 4.79 Å². The number of anilines is 1. The average molecular weight is 523 g/mol. The van der Waals surface area contributed by atoms with E-state index in [0.717, 1.165) is 52.4 Å². The maximum Gasteiger partial charge on any atom is 0.259 e. The maximum atomic E-state index is 13.6. The number of ether oxygens (including phenoxy) is 1. The highest BCUT2D eigenvalue weighted by atomic mass is 32.1. The SMILES string of the molecule is CC(C)(C)[C@H]1CCc2c(sc(N=Cc3ccccc3OCc3ccccc3)c2C(=O)Nc2ccccc2)C1. The van der Waals surface area contributed by atoms with Crippen LogP contribution in [-0.2, 0) is 19.4 Å². The molecule has 0 unspecified atom stereocenters. The number of nitrogens with one attached hydrogen (secondary N) is 1. The Labute approximate surface area is 229 Å². The van der Waals surface area contributed by atoms with Gasteiger partial charge in [0.2, 0.25) is 0 Å². The average Bonchev–Trinajstić information content (AvgIpc) is 3.30. The molecule has 0 bridgehead atoms. The van der Waals surface area contributed by atoms with E-state index in [2.05, 4.69) is 38.2 Å². The molecular weight excluding hydrogens is 488 g/mol. The summed E-state index contributed by atoms with van der Waals surface area (Å²) >= 11 is 1.66. The van der Waals surface area contributed by atoms with E-state index < -0.39 is 0 Å². The lowest BCUT2D eigenvalue weighted by Crippen LogP contribution is -2.27. The largest absolute Gasteiger partial charge is 0.488 e. The zero-order valence-corrected chi connectivity index (χ0v) is 23.1. The third kappa shape index (κ3) is 6.05. The van der Waals surface area contributed by atoms with Crippen molar-refractivity contribution in [2.45, 2.75) is 46.6 Å². The number of hydrogen-bond acceptors (Lipinski definition) is 4. The lowest BCUT2D eigenvalue weighted by atomic mass is 9.72. The first-order chi connectivity index (χ1) is 18.4. The third-order valence-corrected chi connectivity index (χ3v) is 8.37. The summed E-state index contributed by atoms with van der Waals surface area (Å²) in [5, 5.41) is 3.85. The second-order valence-electron chi connectivity index (χ2n) is 10.9. The lowest BCUT2D eigenvalue weighted by molar-refractivity contribution is 0.102. The fourth-order valence-electron chi connectivity index (χ4n) is 4.93.